The zero-order valence-electron chi connectivity index (χ0n) is 23.2. The van der Waals surface area contributed by atoms with Crippen LogP contribution in [0.5, 0.6) is 11.5 Å². The molecule has 11 nitrogen and oxygen atoms in total. The maximum atomic E-state index is 13.9. The number of nitrogens with zero attached hydrogens (tertiary/aromatic N) is 4. The second kappa shape index (κ2) is 11.8. The Morgan fingerprint density at radius 1 is 1.05 bits per heavy atom. The first-order valence-corrected chi connectivity index (χ1v) is 14.0. The number of hydrogen-bond acceptors (Lipinski definition) is 9. The molecule has 0 aliphatic heterocycles. The molecule has 0 spiro atoms. The minimum absolute atomic E-state index is 0.123. The molecule has 1 N–H and O–H groups in total. The number of rotatable bonds is 8. The average molecular weight is 566 g/mol. The van der Waals surface area contributed by atoms with Crippen LogP contribution >= 0.6 is 0 Å². The highest BCUT2D eigenvalue weighted by Crippen LogP contribution is 2.29. The average Bonchev–Trinajstić information content (AvgIpc) is 2.90. The summed E-state index contributed by atoms with van der Waals surface area (Å²) in [5, 5.41) is 3.35. The number of benzene rings is 1. The van der Waals surface area contributed by atoms with Crippen molar-refractivity contribution in [3.8, 4) is 22.6 Å². The molecule has 0 bridgehead atoms. The molecule has 40 heavy (non-hydrogen) atoms. The maximum absolute atomic E-state index is 13.9. The van der Waals surface area contributed by atoms with Crippen molar-refractivity contribution in [2.24, 2.45) is 0 Å². The summed E-state index contributed by atoms with van der Waals surface area (Å²) in [6.07, 6.45) is 2.77. The molecule has 3 heterocycles. The van der Waals surface area contributed by atoms with Gasteiger partial charge in [-0.15, -0.1) is 0 Å². The van der Waals surface area contributed by atoms with Crippen molar-refractivity contribution < 1.29 is 23.2 Å². The van der Waals surface area contributed by atoms with Gasteiger partial charge in [0.1, 0.15) is 28.6 Å². The number of pyridine rings is 2. The van der Waals surface area contributed by atoms with E-state index in [0.717, 1.165) is 0 Å². The fourth-order valence-electron chi connectivity index (χ4n) is 3.98. The fourth-order valence-corrected chi connectivity index (χ4v) is 4.40. The molecule has 0 aliphatic rings. The Bertz CT molecular complexity index is 1620. The zero-order valence-corrected chi connectivity index (χ0v) is 24.0. The van der Waals surface area contributed by atoms with Crippen molar-refractivity contribution in [2.45, 2.75) is 44.5 Å². The standard InChI is InChI=1S/C28H31N5O6S/c1-28(2,3)39-27(35)31-23-9-7-8-19(30-23)10-11-33-24-18(16-29-26(32-24)40(6)36)14-22(25(33)34)17-12-20(37-4)15-21(13-17)38-5/h7-9,12-16H,10-11H2,1-6H3,(H,30,31,35). The number of amides is 1. The van der Waals surface area contributed by atoms with Gasteiger partial charge in [-0.05, 0) is 56.7 Å². The van der Waals surface area contributed by atoms with Gasteiger partial charge in [-0.3, -0.25) is 18.9 Å². The van der Waals surface area contributed by atoms with Crippen LogP contribution in [0, 0.1) is 0 Å². The van der Waals surface area contributed by atoms with E-state index in [1.165, 1.54) is 25.0 Å². The minimum Gasteiger partial charge on any atom is -0.497 e. The van der Waals surface area contributed by atoms with Crippen LogP contribution in [0.2, 0.25) is 0 Å². The van der Waals surface area contributed by atoms with Crippen LogP contribution in [0.15, 0.2) is 58.6 Å². The normalized spacial score (nSPS) is 12.2. The Balaban J connectivity index is 1.74. The summed E-state index contributed by atoms with van der Waals surface area (Å²) in [5.41, 5.74) is 1.03. The molecule has 1 atom stereocenters. The van der Waals surface area contributed by atoms with Crippen LogP contribution in [0.3, 0.4) is 0 Å². The lowest BCUT2D eigenvalue weighted by Gasteiger charge is -2.19. The lowest BCUT2D eigenvalue weighted by atomic mass is 10.0. The minimum atomic E-state index is -1.44. The third-order valence-electron chi connectivity index (χ3n) is 5.75. The molecule has 12 heteroatoms. The van der Waals surface area contributed by atoms with Gasteiger partial charge < -0.3 is 14.2 Å². The largest absolute Gasteiger partial charge is 0.497 e. The SMILES string of the molecule is COc1cc(OC)cc(-c2cc3cnc(S(C)=O)nc3n(CCc3cccc(NC(=O)OC(C)(C)C)n3)c2=O)c1. The number of ether oxygens (including phenoxy) is 3. The van der Waals surface area contributed by atoms with Gasteiger partial charge in [0.05, 0.1) is 25.0 Å². The summed E-state index contributed by atoms with van der Waals surface area (Å²) in [5.74, 6) is 1.39. The molecule has 0 saturated heterocycles. The number of hydrogen-bond donors (Lipinski definition) is 1. The van der Waals surface area contributed by atoms with E-state index >= 15 is 0 Å². The number of carbonyl (C=O) groups excluding carboxylic acids is 1. The number of nitrogens with one attached hydrogen (secondary N) is 1. The summed E-state index contributed by atoms with van der Waals surface area (Å²) in [6, 6.07) is 12.1. The molecule has 4 aromatic rings. The molecule has 0 radical (unpaired) electrons. The Labute approximate surface area is 234 Å². The van der Waals surface area contributed by atoms with Crippen LogP contribution in [-0.2, 0) is 28.5 Å². The second-order valence-electron chi connectivity index (χ2n) is 9.89. The maximum Gasteiger partial charge on any atom is 0.413 e. The third-order valence-corrected chi connectivity index (χ3v) is 6.46. The van der Waals surface area contributed by atoms with E-state index in [1.54, 1.807) is 69.4 Å². The molecule has 210 valence electrons. The van der Waals surface area contributed by atoms with E-state index in [9.17, 15) is 13.8 Å². The molecular formula is C28H31N5O6S. The van der Waals surface area contributed by atoms with Gasteiger partial charge >= 0.3 is 6.09 Å². The van der Waals surface area contributed by atoms with Crippen LogP contribution in [-0.4, -0.2) is 55.9 Å². The third kappa shape index (κ3) is 6.81. The van der Waals surface area contributed by atoms with E-state index in [1.807, 2.05) is 0 Å². The number of fused-ring (bicyclic) bond motifs is 1. The van der Waals surface area contributed by atoms with Crippen LogP contribution in [0.25, 0.3) is 22.2 Å². The van der Waals surface area contributed by atoms with Gasteiger partial charge in [-0.25, -0.2) is 19.7 Å². The van der Waals surface area contributed by atoms with Gasteiger partial charge in [0.25, 0.3) is 5.56 Å². The number of aromatic nitrogens is 4. The highest BCUT2D eigenvalue weighted by molar-refractivity contribution is 7.84. The lowest BCUT2D eigenvalue weighted by Crippen LogP contribution is -2.27. The quantitative estimate of drug-likeness (QED) is 0.312. The summed E-state index contributed by atoms with van der Waals surface area (Å²) >= 11 is 0. The summed E-state index contributed by atoms with van der Waals surface area (Å²) in [4.78, 5) is 39.2. The second-order valence-corrected chi connectivity index (χ2v) is 11.2. The van der Waals surface area contributed by atoms with Crippen molar-refractivity contribution in [3.63, 3.8) is 0 Å². The van der Waals surface area contributed by atoms with E-state index in [2.05, 4.69) is 20.3 Å². The Morgan fingerprint density at radius 3 is 2.38 bits per heavy atom. The molecule has 3 aromatic heterocycles. The highest BCUT2D eigenvalue weighted by Gasteiger charge is 2.18. The molecule has 0 fully saturated rings. The molecule has 4 rings (SSSR count). The molecular weight excluding hydrogens is 534 g/mol. The van der Waals surface area contributed by atoms with Crippen molar-refractivity contribution in [1.29, 1.82) is 0 Å². The first-order valence-electron chi connectivity index (χ1n) is 12.4. The van der Waals surface area contributed by atoms with Gasteiger partial charge in [-0.2, -0.15) is 0 Å². The van der Waals surface area contributed by atoms with E-state index in [4.69, 9.17) is 14.2 Å². The number of methoxy groups -OCH3 is 2. The smallest absolute Gasteiger partial charge is 0.413 e. The van der Waals surface area contributed by atoms with Gasteiger partial charge in [0, 0.05) is 48.1 Å². The zero-order chi connectivity index (χ0) is 29.0. The monoisotopic (exact) mass is 565 g/mol. The van der Waals surface area contributed by atoms with Crippen LogP contribution in [0.1, 0.15) is 26.5 Å². The summed E-state index contributed by atoms with van der Waals surface area (Å²) in [6.45, 7) is 5.53. The van der Waals surface area contributed by atoms with Crippen molar-refractivity contribution in [3.05, 3.63) is 64.7 Å². The highest BCUT2D eigenvalue weighted by atomic mass is 32.2. The fraction of sp³-hybridized carbons (Fsp3) is 0.321. The van der Waals surface area contributed by atoms with E-state index in [-0.39, 0.29) is 17.3 Å². The lowest BCUT2D eigenvalue weighted by molar-refractivity contribution is 0.0635. The molecule has 1 unspecified atom stereocenters. The summed E-state index contributed by atoms with van der Waals surface area (Å²) in [7, 11) is 1.63. The first-order chi connectivity index (χ1) is 19.0. The topological polar surface area (TPSA) is 135 Å². The molecule has 0 saturated carbocycles. The van der Waals surface area contributed by atoms with E-state index < -0.39 is 22.5 Å². The van der Waals surface area contributed by atoms with Gasteiger partial charge in [-0.1, -0.05) is 6.07 Å². The molecule has 0 aliphatic carbocycles. The van der Waals surface area contributed by atoms with Crippen LogP contribution in [0.4, 0.5) is 10.6 Å². The van der Waals surface area contributed by atoms with Crippen molar-refractivity contribution in [1.82, 2.24) is 19.5 Å². The number of anilines is 1. The number of aryl methyl sites for hydroxylation is 2. The predicted molar refractivity (Wildman–Crippen MR) is 152 cm³/mol. The van der Waals surface area contributed by atoms with Crippen molar-refractivity contribution in [2.75, 3.05) is 25.8 Å². The van der Waals surface area contributed by atoms with E-state index in [0.29, 0.717) is 51.6 Å². The summed E-state index contributed by atoms with van der Waals surface area (Å²) < 4.78 is 29.7. The molecule has 1 amide bonds. The van der Waals surface area contributed by atoms with Crippen molar-refractivity contribution >= 4 is 33.7 Å². The van der Waals surface area contributed by atoms with Gasteiger partial charge in [0.15, 0.2) is 0 Å². The Hall–Kier alpha value is -4.32. The van der Waals surface area contributed by atoms with Gasteiger partial charge in [0.2, 0.25) is 5.16 Å². The molecule has 1 aromatic carbocycles. The Kier molecular flexibility index (Phi) is 8.48. The first kappa shape index (κ1) is 28.7. The predicted octanol–water partition coefficient (Wildman–Crippen LogP) is 4.20. The number of carbonyl (C=O) groups is 1. The van der Waals surface area contributed by atoms with Crippen LogP contribution < -0.4 is 20.3 Å². The Morgan fingerprint density at radius 2 is 1.75 bits per heavy atom.